The van der Waals surface area contributed by atoms with E-state index in [9.17, 15) is 4.79 Å². The van der Waals surface area contributed by atoms with Gasteiger partial charge < -0.3 is 9.55 Å². The van der Waals surface area contributed by atoms with Gasteiger partial charge in [-0.2, -0.15) is 0 Å². The van der Waals surface area contributed by atoms with Gasteiger partial charge in [0.25, 0.3) is 0 Å². The molecule has 0 bridgehead atoms. The topological polar surface area (TPSA) is 63.6 Å². The number of hydrogen-bond donors (Lipinski definition) is 1. The van der Waals surface area contributed by atoms with E-state index in [4.69, 9.17) is 11.6 Å². The van der Waals surface area contributed by atoms with Gasteiger partial charge in [0.05, 0.1) is 12.4 Å². The van der Waals surface area contributed by atoms with E-state index < -0.39 is 0 Å². The summed E-state index contributed by atoms with van der Waals surface area (Å²) in [6, 6.07) is 3.73. The van der Waals surface area contributed by atoms with E-state index in [0.717, 1.165) is 34.0 Å². The predicted molar refractivity (Wildman–Crippen MR) is 71.1 cm³/mol. The predicted octanol–water partition coefficient (Wildman–Crippen LogP) is 1.97. The lowest BCUT2D eigenvalue weighted by molar-refractivity contribution is 0.754. The van der Waals surface area contributed by atoms with Crippen molar-refractivity contribution in [1.82, 2.24) is 19.5 Å². The van der Waals surface area contributed by atoms with Crippen LogP contribution in [0.15, 0.2) is 28.5 Å². The lowest BCUT2D eigenvalue weighted by Gasteiger charge is -2.04. The van der Waals surface area contributed by atoms with Crippen molar-refractivity contribution in [3.63, 3.8) is 0 Å². The van der Waals surface area contributed by atoms with E-state index in [0.29, 0.717) is 12.4 Å². The normalized spacial score (nSPS) is 11.2. The van der Waals surface area contributed by atoms with Gasteiger partial charge in [-0.15, -0.1) is 11.6 Å². The summed E-state index contributed by atoms with van der Waals surface area (Å²) in [6.45, 7) is 0.522. The van der Waals surface area contributed by atoms with E-state index in [-0.39, 0.29) is 4.87 Å². The standard InChI is InChI=1S/C11H9ClN4OS/c12-4-9-15-8-2-1-3-13-10(8)16(9)5-7-6-18-11(17)14-7/h1-3,6H,4-5H2,(H,14,17). The number of aromatic nitrogens is 4. The van der Waals surface area contributed by atoms with Crippen molar-refractivity contribution in [3.05, 3.63) is 44.9 Å². The smallest absolute Gasteiger partial charge is 0.304 e. The molecule has 92 valence electrons. The first-order valence-electron chi connectivity index (χ1n) is 5.30. The lowest BCUT2D eigenvalue weighted by atomic mass is 10.4. The Morgan fingerprint density at radius 2 is 2.39 bits per heavy atom. The zero-order valence-corrected chi connectivity index (χ0v) is 10.8. The Balaban J connectivity index is 2.11. The first-order valence-corrected chi connectivity index (χ1v) is 6.72. The number of aromatic amines is 1. The third-order valence-electron chi connectivity index (χ3n) is 2.60. The Bertz CT molecular complexity index is 745. The van der Waals surface area contributed by atoms with Crippen LogP contribution < -0.4 is 4.87 Å². The fraction of sp³-hybridized carbons (Fsp3) is 0.182. The second-order valence-corrected chi connectivity index (χ2v) is 4.88. The Morgan fingerprint density at radius 1 is 1.50 bits per heavy atom. The highest BCUT2D eigenvalue weighted by molar-refractivity contribution is 7.07. The van der Waals surface area contributed by atoms with Gasteiger partial charge in [-0.3, -0.25) is 4.79 Å². The number of alkyl halides is 1. The summed E-state index contributed by atoms with van der Waals surface area (Å²) in [5.74, 6) is 1.06. The van der Waals surface area contributed by atoms with Crippen molar-refractivity contribution < 1.29 is 0 Å². The molecule has 1 N–H and O–H groups in total. The summed E-state index contributed by atoms with van der Waals surface area (Å²) in [5.41, 5.74) is 2.42. The van der Waals surface area contributed by atoms with Gasteiger partial charge in [-0.1, -0.05) is 11.3 Å². The summed E-state index contributed by atoms with van der Waals surface area (Å²) in [4.78, 5) is 22.6. The molecule has 0 atom stereocenters. The molecule has 0 unspecified atom stereocenters. The number of nitrogens with zero attached hydrogens (tertiary/aromatic N) is 3. The highest BCUT2D eigenvalue weighted by Gasteiger charge is 2.11. The summed E-state index contributed by atoms with van der Waals surface area (Å²) >= 11 is 7.04. The molecule has 0 fully saturated rings. The fourth-order valence-corrected chi connectivity index (χ4v) is 2.61. The van der Waals surface area contributed by atoms with Crippen LogP contribution in [0, 0.1) is 0 Å². The van der Waals surface area contributed by atoms with Crippen molar-refractivity contribution in [2.45, 2.75) is 12.4 Å². The molecule has 5 nitrogen and oxygen atoms in total. The molecule has 0 aromatic carbocycles. The van der Waals surface area contributed by atoms with Crippen LogP contribution in [-0.4, -0.2) is 19.5 Å². The Kier molecular flexibility index (Phi) is 2.89. The zero-order valence-electron chi connectivity index (χ0n) is 9.26. The van der Waals surface area contributed by atoms with Crippen molar-refractivity contribution in [3.8, 4) is 0 Å². The molecule has 3 rings (SSSR count). The van der Waals surface area contributed by atoms with Gasteiger partial charge in [0.2, 0.25) is 0 Å². The van der Waals surface area contributed by atoms with Crippen molar-refractivity contribution in [2.75, 3.05) is 0 Å². The average molecular weight is 281 g/mol. The molecule has 0 aliphatic heterocycles. The number of halogens is 1. The Labute approximate surface area is 111 Å². The highest BCUT2D eigenvalue weighted by Crippen LogP contribution is 2.16. The van der Waals surface area contributed by atoms with Gasteiger partial charge >= 0.3 is 4.87 Å². The van der Waals surface area contributed by atoms with Crippen LogP contribution in [-0.2, 0) is 12.4 Å². The number of hydrogen-bond acceptors (Lipinski definition) is 4. The number of thiazole rings is 1. The molecule has 0 spiro atoms. The molecule has 0 amide bonds. The lowest BCUT2D eigenvalue weighted by Crippen LogP contribution is -2.06. The molecule has 0 saturated carbocycles. The number of fused-ring (bicyclic) bond motifs is 1. The number of rotatable bonds is 3. The number of nitrogens with one attached hydrogen (secondary N) is 1. The molecule has 0 saturated heterocycles. The molecule has 18 heavy (non-hydrogen) atoms. The van der Waals surface area contributed by atoms with E-state index >= 15 is 0 Å². The number of pyridine rings is 1. The van der Waals surface area contributed by atoms with Gasteiger partial charge in [-0.25, -0.2) is 9.97 Å². The first-order chi connectivity index (χ1) is 8.78. The third kappa shape index (κ3) is 1.93. The van der Waals surface area contributed by atoms with Crippen LogP contribution in [0.25, 0.3) is 11.2 Å². The minimum atomic E-state index is -0.0604. The van der Waals surface area contributed by atoms with Crippen LogP contribution >= 0.6 is 22.9 Å². The fourth-order valence-electron chi connectivity index (χ4n) is 1.84. The van der Waals surface area contributed by atoms with Crippen LogP contribution in [0.5, 0.6) is 0 Å². The molecular weight excluding hydrogens is 272 g/mol. The van der Waals surface area contributed by atoms with E-state index in [2.05, 4.69) is 15.0 Å². The molecule has 3 aromatic heterocycles. The van der Waals surface area contributed by atoms with Gasteiger partial charge in [0.15, 0.2) is 5.65 Å². The molecule has 0 aliphatic carbocycles. The maximum Gasteiger partial charge on any atom is 0.304 e. The van der Waals surface area contributed by atoms with Crippen LogP contribution in [0.2, 0.25) is 0 Å². The highest BCUT2D eigenvalue weighted by atomic mass is 35.5. The van der Waals surface area contributed by atoms with Gasteiger partial charge in [0, 0.05) is 17.3 Å². The van der Waals surface area contributed by atoms with Crippen molar-refractivity contribution in [1.29, 1.82) is 0 Å². The Morgan fingerprint density at radius 3 is 3.11 bits per heavy atom. The second kappa shape index (κ2) is 4.55. The van der Waals surface area contributed by atoms with Crippen molar-refractivity contribution >= 4 is 34.1 Å². The van der Waals surface area contributed by atoms with Crippen LogP contribution in [0.4, 0.5) is 0 Å². The van der Waals surface area contributed by atoms with Crippen molar-refractivity contribution in [2.24, 2.45) is 0 Å². The molecule has 0 radical (unpaired) electrons. The van der Waals surface area contributed by atoms with Crippen LogP contribution in [0.1, 0.15) is 11.5 Å². The largest absolute Gasteiger partial charge is 0.315 e. The van der Waals surface area contributed by atoms with Gasteiger partial charge in [0.1, 0.15) is 11.3 Å². The summed E-state index contributed by atoms with van der Waals surface area (Å²) < 4.78 is 1.92. The Hall–Kier alpha value is -1.66. The minimum Gasteiger partial charge on any atom is -0.315 e. The maximum absolute atomic E-state index is 11.1. The maximum atomic E-state index is 11.1. The average Bonchev–Trinajstić information content (AvgIpc) is 2.94. The van der Waals surface area contributed by atoms with E-state index in [1.807, 2.05) is 16.7 Å². The SMILES string of the molecule is O=c1[nH]c(Cn2c(CCl)nc3cccnc32)cs1. The van der Waals surface area contributed by atoms with E-state index in [1.54, 1.807) is 11.6 Å². The first kappa shape index (κ1) is 11.4. The zero-order chi connectivity index (χ0) is 12.5. The molecular formula is C11H9ClN4OS. The quantitative estimate of drug-likeness (QED) is 0.746. The molecule has 0 aliphatic rings. The number of imidazole rings is 1. The monoisotopic (exact) mass is 280 g/mol. The third-order valence-corrected chi connectivity index (χ3v) is 3.56. The molecule has 3 aromatic rings. The van der Waals surface area contributed by atoms with Gasteiger partial charge in [-0.05, 0) is 12.1 Å². The molecule has 3 heterocycles. The summed E-state index contributed by atoms with van der Waals surface area (Å²) in [7, 11) is 0. The summed E-state index contributed by atoms with van der Waals surface area (Å²) in [5, 5.41) is 1.80. The summed E-state index contributed by atoms with van der Waals surface area (Å²) in [6.07, 6.45) is 1.72. The van der Waals surface area contributed by atoms with E-state index in [1.165, 1.54) is 0 Å². The molecule has 7 heteroatoms. The second-order valence-electron chi connectivity index (χ2n) is 3.77. The number of H-pyrrole nitrogens is 1. The van der Waals surface area contributed by atoms with Crippen LogP contribution in [0.3, 0.4) is 0 Å². The minimum absolute atomic E-state index is 0.0604.